The number of rotatable bonds is 5. The SMILES string of the molecule is Cc1c(N)cc(S(=O)(=O)NCCc2ncn(C)n2)cc1F. The fraction of sp³-hybridized carbons (Fsp3) is 0.333. The molecule has 0 unspecified atom stereocenters. The lowest BCUT2D eigenvalue weighted by Gasteiger charge is -2.09. The molecule has 1 aromatic carbocycles. The van der Waals surface area contributed by atoms with Crippen molar-refractivity contribution in [2.24, 2.45) is 7.05 Å². The zero-order chi connectivity index (χ0) is 15.6. The fourth-order valence-electron chi connectivity index (χ4n) is 1.71. The third kappa shape index (κ3) is 3.56. The summed E-state index contributed by atoms with van der Waals surface area (Å²) in [5.41, 5.74) is 5.91. The van der Waals surface area contributed by atoms with Gasteiger partial charge in [-0.1, -0.05) is 0 Å². The molecule has 0 aliphatic rings. The van der Waals surface area contributed by atoms with Gasteiger partial charge in [0.25, 0.3) is 0 Å². The molecule has 1 aromatic heterocycles. The maximum atomic E-state index is 13.6. The Morgan fingerprint density at radius 1 is 1.43 bits per heavy atom. The highest BCUT2D eigenvalue weighted by molar-refractivity contribution is 7.89. The maximum absolute atomic E-state index is 13.6. The van der Waals surface area contributed by atoms with Crippen LogP contribution in [0.25, 0.3) is 0 Å². The predicted molar refractivity (Wildman–Crippen MR) is 75.4 cm³/mol. The quantitative estimate of drug-likeness (QED) is 0.776. The third-order valence-electron chi connectivity index (χ3n) is 2.96. The Kier molecular flexibility index (Phi) is 4.24. The van der Waals surface area contributed by atoms with Crippen LogP contribution in [-0.4, -0.2) is 29.7 Å². The summed E-state index contributed by atoms with van der Waals surface area (Å²) in [6.07, 6.45) is 1.86. The van der Waals surface area contributed by atoms with E-state index in [9.17, 15) is 12.8 Å². The zero-order valence-electron chi connectivity index (χ0n) is 11.7. The number of nitrogen functional groups attached to an aromatic ring is 1. The first-order chi connectivity index (χ1) is 9.79. The van der Waals surface area contributed by atoms with Gasteiger partial charge in [0.1, 0.15) is 12.1 Å². The second kappa shape index (κ2) is 5.78. The van der Waals surface area contributed by atoms with E-state index in [1.165, 1.54) is 24.0 Å². The molecule has 0 spiro atoms. The Balaban J connectivity index is 2.08. The summed E-state index contributed by atoms with van der Waals surface area (Å²) < 4.78 is 41.6. The van der Waals surface area contributed by atoms with Crippen molar-refractivity contribution in [1.29, 1.82) is 0 Å². The molecule has 0 atom stereocenters. The van der Waals surface area contributed by atoms with Gasteiger partial charge in [-0.15, -0.1) is 0 Å². The average molecular weight is 313 g/mol. The number of hydrogen-bond donors (Lipinski definition) is 2. The third-order valence-corrected chi connectivity index (χ3v) is 4.40. The summed E-state index contributed by atoms with van der Waals surface area (Å²) in [6.45, 7) is 1.60. The standard InChI is InChI=1S/C12H16FN5O2S/c1-8-10(13)5-9(6-11(8)14)21(19,20)16-4-3-12-15-7-18(2)17-12/h5-7,16H,3-4,14H2,1-2H3. The summed E-state index contributed by atoms with van der Waals surface area (Å²) >= 11 is 0. The molecule has 0 bridgehead atoms. The maximum Gasteiger partial charge on any atom is 0.240 e. The van der Waals surface area contributed by atoms with Crippen LogP contribution in [0, 0.1) is 12.7 Å². The normalized spacial score (nSPS) is 11.8. The average Bonchev–Trinajstić information content (AvgIpc) is 2.81. The number of hydrogen-bond acceptors (Lipinski definition) is 5. The van der Waals surface area contributed by atoms with E-state index in [2.05, 4.69) is 14.8 Å². The van der Waals surface area contributed by atoms with E-state index >= 15 is 0 Å². The smallest absolute Gasteiger partial charge is 0.240 e. The van der Waals surface area contributed by atoms with Crippen LogP contribution in [-0.2, 0) is 23.5 Å². The largest absolute Gasteiger partial charge is 0.398 e. The van der Waals surface area contributed by atoms with Gasteiger partial charge in [-0.2, -0.15) is 5.10 Å². The zero-order valence-corrected chi connectivity index (χ0v) is 12.5. The summed E-state index contributed by atoms with van der Waals surface area (Å²) in [7, 11) is -2.10. The van der Waals surface area contributed by atoms with Crippen LogP contribution < -0.4 is 10.5 Å². The highest BCUT2D eigenvalue weighted by Crippen LogP contribution is 2.20. The molecule has 2 rings (SSSR count). The Morgan fingerprint density at radius 3 is 2.71 bits per heavy atom. The number of halogens is 1. The van der Waals surface area contributed by atoms with Gasteiger partial charge in [0.15, 0.2) is 5.82 Å². The van der Waals surface area contributed by atoms with E-state index in [0.29, 0.717) is 12.2 Å². The summed E-state index contributed by atoms with van der Waals surface area (Å²) in [5, 5.41) is 4.03. The second-order valence-corrected chi connectivity index (χ2v) is 6.37. The minimum atomic E-state index is -3.82. The van der Waals surface area contributed by atoms with Crippen molar-refractivity contribution in [3.8, 4) is 0 Å². The van der Waals surface area contributed by atoms with Crippen LogP contribution in [0.3, 0.4) is 0 Å². The van der Waals surface area contributed by atoms with Crippen molar-refractivity contribution in [2.45, 2.75) is 18.2 Å². The minimum absolute atomic E-state index is 0.0989. The molecule has 1 heterocycles. The predicted octanol–water partition coefficient (Wildman–Crippen LogP) is 0.366. The van der Waals surface area contributed by atoms with Crippen molar-refractivity contribution in [2.75, 3.05) is 12.3 Å². The monoisotopic (exact) mass is 313 g/mol. The van der Waals surface area contributed by atoms with Crippen molar-refractivity contribution in [1.82, 2.24) is 19.5 Å². The van der Waals surface area contributed by atoms with Crippen molar-refractivity contribution >= 4 is 15.7 Å². The number of nitrogens with two attached hydrogens (primary N) is 1. The minimum Gasteiger partial charge on any atom is -0.398 e. The van der Waals surface area contributed by atoms with Gasteiger partial charge in [0, 0.05) is 31.3 Å². The van der Waals surface area contributed by atoms with Gasteiger partial charge in [-0.25, -0.2) is 22.5 Å². The Labute approximate surface area is 122 Å². The number of anilines is 1. The summed E-state index contributed by atoms with van der Waals surface area (Å²) in [4.78, 5) is 3.79. The highest BCUT2D eigenvalue weighted by atomic mass is 32.2. The van der Waals surface area contributed by atoms with Crippen LogP contribution in [0.5, 0.6) is 0 Å². The molecule has 0 amide bonds. The van der Waals surface area contributed by atoms with Crippen molar-refractivity contribution in [3.05, 3.63) is 35.7 Å². The fourth-order valence-corrected chi connectivity index (χ4v) is 2.79. The molecule has 2 aromatic rings. The molecule has 3 N–H and O–H groups in total. The first-order valence-corrected chi connectivity index (χ1v) is 7.68. The Hall–Kier alpha value is -2.00. The van der Waals surface area contributed by atoms with Crippen LogP contribution in [0.15, 0.2) is 23.4 Å². The topological polar surface area (TPSA) is 103 Å². The van der Waals surface area contributed by atoms with Gasteiger partial charge in [0.05, 0.1) is 4.90 Å². The van der Waals surface area contributed by atoms with E-state index in [0.717, 1.165) is 6.07 Å². The van der Waals surface area contributed by atoms with E-state index in [1.54, 1.807) is 7.05 Å². The molecular weight excluding hydrogens is 297 g/mol. The van der Waals surface area contributed by atoms with Gasteiger partial charge >= 0.3 is 0 Å². The van der Waals surface area contributed by atoms with E-state index in [4.69, 9.17) is 5.73 Å². The van der Waals surface area contributed by atoms with Gasteiger partial charge in [-0.05, 0) is 19.1 Å². The first kappa shape index (κ1) is 15.4. The lowest BCUT2D eigenvalue weighted by molar-refractivity contribution is 0.576. The molecule has 0 radical (unpaired) electrons. The Morgan fingerprint density at radius 2 is 2.14 bits per heavy atom. The molecule has 0 saturated carbocycles. The number of sulfonamides is 1. The number of benzene rings is 1. The van der Waals surface area contributed by atoms with Crippen molar-refractivity contribution < 1.29 is 12.8 Å². The molecule has 114 valence electrons. The highest BCUT2D eigenvalue weighted by Gasteiger charge is 2.17. The summed E-state index contributed by atoms with van der Waals surface area (Å²) in [6, 6.07) is 2.19. The molecule has 7 nitrogen and oxygen atoms in total. The molecule has 9 heteroatoms. The number of nitrogens with zero attached hydrogens (tertiary/aromatic N) is 3. The molecule has 21 heavy (non-hydrogen) atoms. The van der Waals surface area contributed by atoms with Crippen molar-refractivity contribution in [3.63, 3.8) is 0 Å². The van der Waals surface area contributed by atoms with E-state index in [1.807, 2.05) is 0 Å². The lowest BCUT2D eigenvalue weighted by atomic mass is 10.2. The summed E-state index contributed by atoms with van der Waals surface area (Å²) in [5.74, 6) is -0.128. The van der Waals surface area contributed by atoms with Gasteiger partial charge in [0.2, 0.25) is 10.0 Å². The van der Waals surface area contributed by atoms with E-state index in [-0.39, 0.29) is 22.7 Å². The van der Waals surface area contributed by atoms with Crippen LogP contribution >= 0.6 is 0 Å². The molecule has 0 aliphatic heterocycles. The number of nitrogens with one attached hydrogen (secondary N) is 1. The number of aryl methyl sites for hydroxylation is 1. The number of aromatic nitrogens is 3. The first-order valence-electron chi connectivity index (χ1n) is 6.19. The van der Waals surface area contributed by atoms with Crippen LogP contribution in [0.2, 0.25) is 0 Å². The second-order valence-electron chi connectivity index (χ2n) is 4.60. The molecular formula is C12H16FN5O2S. The van der Waals surface area contributed by atoms with Crippen LogP contribution in [0.1, 0.15) is 11.4 Å². The molecule has 0 fully saturated rings. The molecule has 0 aliphatic carbocycles. The van der Waals surface area contributed by atoms with Gasteiger partial charge < -0.3 is 5.73 Å². The molecule has 0 saturated heterocycles. The lowest BCUT2D eigenvalue weighted by Crippen LogP contribution is -2.26. The van der Waals surface area contributed by atoms with Crippen LogP contribution in [0.4, 0.5) is 10.1 Å². The Bertz CT molecular complexity index is 734. The van der Waals surface area contributed by atoms with Gasteiger partial charge in [-0.3, -0.25) is 4.68 Å². The van der Waals surface area contributed by atoms with E-state index < -0.39 is 15.8 Å².